The van der Waals surface area contributed by atoms with Crippen molar-refractivity contribution in [1.82, 2.24) is 14.9 Å². The van der Waals surface area contributed by atoms with Gasteiger partial charge in [0.05, 0.1) is 18.8 Å². The van der Waals surface area contributed by atoms with Crippen LogP contribution in [-0.4, -0.2) is 46.5 Å². The molecule has 0 saturated carbocycles. The molecule has 1 aromatic heterocycles. The van der Waals surface area contributed by atoms with Gasteiger partial charge in [-0.15, -0.1) is 0 Å². The fourth-order valence-electron chi connectivity index (χ4n) is 2.74. The third kappa shape index (κ3) is 4.92. The molecule has 6 nitrogen and oxygen atoms in total. The largest absolute Gasteiger partial charge is 0.494 e. The van der Waals surface area contributed by atoms with Gasteiger partial charge in [0.25, 0.3) is 0 Å². The lowest BCUT2D eigenvalue weighted by atomic mass is 10.1. The Balaban J connectivity index is 1.37. The van der Waals surface area contributed by atoms with E-state index in [9.17, 15) is 4.79 Å². The van der Waals surface area contributed by atoms with Gasteiger partial charge in [-0.3, -0.25) is 9.78 Å². The zero-order valence-electron chi connectivity index (χ0n) is 14.5. The summed E-state index contributed by atoms with van der Waals surface area (Å²) in [6, 6.07) is 8.27. The average molecular weight is 340 g/mol. The van der Waals surface area contributed by atoms with Crippen LogP contribution in [0, 0.1) is 0 Å². The molecular weight excluding hydrogens is 316 g/mol. The highest BCUT2D eigenvalue weighted by molar-refractivity contribution is 5.77. The van der Waals surface area contributed by atoms with E-state index in [4.69, 9.17) is 4.74 Å². The maximum absolute atomic E-state index is 12.3. The molecule has 6 heteroatoms. The molecule has 3 rings (SSSR count). The number of anilines is 1. The molecule has 0 atom stereocenters. The van der Waals surface area contributed by atoms with Crippen LogP contribution in [0.1, 0.15) is 25.3 Å². The van der Waals surface area contributed by atoms with E-state index in [2.05, 4.69) is 22.2 Å². The van der Waals surface area contributed by atoms with Crippen molar-refractivity contribution < 1.29 is 9.53 Å². The molecule has 0 radical (unpaired) electrons. The zero-order valence-corrected chi connectivity index (χ0v) is 14.5. The van der Waals surface area contributed by atoms with Crippen molar-refractivity contribution in [2.45, 2.75) is 32.2 Å². The molecule has 0 aliphatic carbocycles. The first-order chi connectivity index (χ1) is 12.2. The standard InChI is InChI=1S/C19H24N4O2/c1-2-11-25-17-6-3-15(4-7-17)5-8-19(24)23-13-16(14-23)22-18-12-20-9-10-21-18/h3-4,6-7,9-10,12,16H,2,5,8,11,13-14H2,1H3,(H,21,22). The molecule has 0 bridgehead atoms. The van der Waals surface area contributed by atoms with E-state index in [0.29, 0.717) is 6.42 Å². The first-order valence-electron chi connectivity index (χ1n) is 8.76. The van der Waals surface area contributed by atoms with Gasteiger partial charge in [-0.1, -0.05) is 19.1 Å². The van der Waals surface area contributed by atoms with Crippen LogP contribution in [0.5, 0.6) is 5.75 Å². The highest BCUT2D eigenvalue weighted by atomic mass is 16.5. The quantitative estimate of drug-likeness (QED) is 0.800. The van der Waals surface area contributed by atoms with Crippen LogP contribution in [-0.2, 0) is 11.2 Å². The van der Waals surface area contributed by atoms with E-state index in [0.717, 1.165) is 49.7 Å². The Labute approximate surface area is 148 Å². The van der Waals surface area contributed by atoms with Crippen LogP contribution in [0.15, 0.2) is 42.9 Å². The number of nitrogens with one attached hydrogen (secondary N) is 1. The first kappa shape index (κ1) is 17.2. The Bertz CT molecular complexity index is 670. The predicted molar refractivity (Wildman–Crippen MR) is 96.6 cm³/mol. The Hall–Kier alpha value is -2.63. The van der Waals surface area contributed by atoms with Crippen LogP contribution in [0.3, 0.4) is 0 Å². The van der Waals surface area contributed by atoms with Gasteiger partial charge in [-0.2, -0.15) is 0 Å². The van der Waals surface area contributed by atoms with Crippen LogP contribution >= 0.6 is 0 Å². The van der Waals surface area contributed by atoms with Gasteiger partial charge >= 0.3 is 0 Å². The summed E-state index contributed by atoms with van der Waals surface area (Å²) in [6.07, 6.45) is 7.28. The molecular formula is C19H24N4O2. The Morgan fingerprint density at radius 2 is 2.08 bits per heavy atom. The Kier molecular flexibility index (Phi) is 5.82. The maximum Gasteiger partial charge on any atom is 0.223 e. The second kappa shape index (κ2) is 8.46. The van der Waals surface area contributed by atoms with E-state index < -0.39 is 0 Å². The minimum atomic E-state index is 0.198. The fourth-order valence-corrected chi connectivity index (χ4v) is 2.74. The number of aromatic nitrogens is 2. The summed E-state index contributed by atoms with van der Waals surface area (Å²) in [7, 11) is 0. The van der Waals surface area contributed by atoms with Gasteiger partial charge in [0.1, 0.15) is 11.6 Å². The first-order valence-corrected chi connectivity index (χ1v) is 8.76. The van der Waals surface area contributed by atoms with E-state index >= 15 is 0 Å². The lowest BCUT2D eigenvalue weighted by molar-refractivity contribution is -0.135. The average Bonchev–Trinajstić information content (AvgIpc) is 2.62. The number of rotatable bonds is 8. The van der Waals surface area contributed by atoms with E-state index in [-0.39, 0.29) is 11.9 Å². The van der Waals surface area contributed by atoms with Crippen molar-refractivity contribution in [3.63, 3.8) is 0 Å². The molecule has 2 aromatic rings. The predicted octanol–water partition coefficient (Wildman–Crippen LogP) is 2.52. The minimum Gasteiger partial charge on any atom is -0.494 e. The topological polar surface area (TPSA) is 67.3 Å². The van der Waals surface area contributed by atoms with Gasteiger partial charge in [0.2, 0.25) is 5.91 Å². The third-order valence-corrected chi connectivity index (χ3v) is 4.17. The van der Waals surface area contributed by atoms with E-state index in [1.165, 1.54) is 0 Å². The number of carbonyl (C=O) groups is 1. The molecule has 1 saturated heterocycles. The van der Waals surface area contributed by atoms with Crippen LogP contribution < -0.4 is 10.1 Å². The summed E-state index contributed by atoms with van der Waals surface area (Å²) in [5.41, 5.74) is 1.16. The lowest BCUT2D eigenvalue weighted by Gasteiger charge is -2.39. The van der Waals surface area contributed by atoms with Crippen LogP contribution in [0.4, 0.5) is 5.82 Å². The number of benzene rings is 1. The molecule has 1 N–H and O–H groups in total. The van der Waals surface area contributed by atoms with Crippen molar-refractivity contribution in [2.75, 3.05) is 25.0 Å². The number of hydrogen-bond acceptors (Lipinski definition) is 5. The van der Waals surface area contributed by atoms with Gasteiger partial charge in [-0.25, -0.2) is 4.98 Å². The molecule has 1 aromatic carbocycles. The molecule has 1 amide bonds. The highest BCUT2D eigenvalue weighted by Gasteiger charge is 2.30. The normalized spacial score (nSPS) is 14.0. The summed E-state index contributed by atoms with van der Waals surface area (Å²) in [5, 5.41) is 3.28. The SMILES string of the molecule is CCCOc1ccc(CCC(=O)N2CC(Nc3cnccn3)C2)cc1. The van der Waals surface area contributed by atoms with Gasteiger partial charge < -0.3 is 15.0 Å². The van der Waals surface area contributed by atoms with Crippen molar-refractivity contribution >= 4 is 11.7 Å². The third-order valence-electron chi connectivity index (χ3n) is 4.17. The monoisotopic (exact) mass is 340 g/mol. The second-order valence-corrected chi connectivity index (χ2v) is 6.22. The van der Waals surface area contributed by atoms with Gasteiger partial charge in [0.15, 0.2) is 0 Å². The summed E-state index contributed by atoms with van der Waals surface area (Å²) >= 11 is 0. The number of carbonyl (C=O) groups excluding carboxylic acids is 1. The number of aryl methyl sites for hydroxylation is 1. The van der Waals surface area contributed by atoms with Crippen LogP contribution in [0.25, 0.3) is 0 Å². The second-order valence-electron chi connectivity index (χ2n) is 6.22. The summed E-state index contributed by atoms with van der Waals surface area (Å²) in [4.78, 5) is 22.3. The minimum absolute atomic E-state index is 0.198. The fraction of sp³-hybridized carbons (Fsp3) is 0.421. The van der Waals surface area contributed by atoms with E-state index in [1.54, 1.807) is 18.6 Å². The summed E-state index contributed by atoms with van der Waals surface area (Å²) in [5.74, 6) is 1.84. The maximum atomic E-state index is 12.3. The summed E-state index contributed by atoms with van der Waals surface area (Å²) < 4.78 is 5.57. The molecule has 0 spiro atoms. The van der Waals surface area contributed by atoms with Gasteiger partial charge in [-0.05, 0) is 30.5 Å². The number of nitrogens with zero attached hydrogens (tertiary/aromatic N) is 3. The molecule has 1 aliphatic rings. The number of amides is 1. The molecule has 2 heterocycles. The molecule has 1 fully saturated rings. The van der Waals surface area contributed by atoms with Gasteiger partial charge in [0, 0.05) is 31.9 Å². The highest BCUT2D eigenvalue weighted by Crippen LogP contribution is 2.17. The molecule has 25 heavy (non-hydrogen) atoms. The number of hydrogen-bond donors (Lipinski definition) is 1. The van der Waals surface area contributed by atoms with Crippen molar-refractivity contribution in [3.8, 4) is 5.75 Å². The smallest absolute Gasteiger partial charge is 0.223 e. The van der Waals surface area contributed by atoms with Crippen molar-refractivity contribution in [2.24, 2.45) is 0 Å². The van der Waals surface area contributed by atoms with Crippen molar-refractivity contribution in [1.29, 1.82) is 0 Å². The Morgan fingerprint density at radius 3 is 2.76 bits per heavy atom. The number of ether oxygens (including phenoxy) is 1. The Morgan fingerprint density at radius 1 is 1.28 bits per heavy atom. The molecule has 0 unspecified atom stereocenters. The molecule has 1 aliphatic heterocycles. The summed E-state index contributed by atoms with van der Waals surface area (Å²) in [6.45, 7) is 4.26. The van der Waals surface area contributed by atoms with Crippen LogP contribution in [0.2, 0.25) is 0 Å². The lowest BCUT2D eigenvalue weighted by Crippen LogP contribution is -2.57. The number of likely N-dealkylation sites (tertiary alicyclic amines) is 1. The van der Waals surface area contributed by atoms with E-state index in [1.807, 2.05) is 29.2 Å². The van der Waals surface area contributed by atoms with Crippen molar-refractivity contribution in [3.05, 3.63) is 48.4 Å². The zero-order chi connectivity index (χ0) is 17.5. The molecule has 132 valence electrons.